The lowest BCUT2D eigenvalue weighted by molar-refractivity contribution is -0.145. The van der Waals surface area contributed by atoms with Crippen LogP contribution < -0.4 is 10.1 Å². The van der Waals surface area contributed by atoms with E-state index in [1.165, 1.54) is 6.26 Å². The van der Waals surface area contributed by atoms with Crippen LogP contribution in [0.25, 0.3) is 16.7 Å². The predicted octanol–water partition coefficient (Wildman–Crippen LogP) is 4.40. The zero-order valence-corrected chi connectivity index (χ0v) is 26.4. The molecule has 1 saturated heterocycles. The van der Waals surface area contributed by atoms with Gasteiger partial charge >= 0.3 is 5.97 Å². The molecule has 1 aliphatic heterocycles. The Kier molecular flexibility index (Phi) is 10.4. The highest BCUT2D eigenvalue weighted by Gasteiger charge is 2.32. The number of amides is 1. The summed E-state index contributed by atoms with van der Waals surface area (Å²) in [5.41, 5.74) is 0.930. The Bertz CT molecular complexity index is 1540. The van der Waals surface area contributed by atoms with Crippen LogP contribution in [0.3, 0.4) is 0 Å². The van der Waals surface area contributed by atoms with Crippen LogP contribution in [0.5, 0.6) is 5.75 Å². The van der Waals surface area contributed by atoms with Gasteiger partial charge in [-0.3, -0.25) is 9.59 Å². The molecule has 1 aliphatic carbocycles. The van der Waals surface area contributed by atoms with Gasteiger partial charge in [0.2, 0.25) is 11.9 Å². The maximum Gasteiger partial charge on any atom is 0.306 e. The van der Waals surface area contributed by atoms with E-state index in [1.54, 1.807) is 6.20 Å². The van der Waals surface area contributed by atoms with Gasteiger partial charge in [-0.1, -0.05) is 6.07 Å². The van der Waals surface area contributed by atoms with Crippen molar-refractivity contribution >= 4 is 38.6 Å². The number of esters is 1. The normalized spacial score (nSPS) is 19.5. The van der Waals surface area contributed by atoms with Gasteiger partial charge in [0, 0.05) is 55.5 Å². The molecule has 2 aliphatic rings. The molecule has 2 aromatic heterocycles. The van der Waals surface area contributed by atoms with Crippen LogP contribution in [-0.4, -0.2) is 84.1 Å². The molecule has 1 saturated carbocycles. The van der Waals surface area contributed by atoms with Crippen LogP contribution in [0.15, 0.2) is 42.7 Å². The van der Waals surface area contributed by atoms with E-state index in [0.29, 0.717) is 56.8 Å². The number of sulfone groups is 1. The van der Waals surface area contributed by atoms with Gasteiger partial charge in [-0.05, 0) is 82.1 Å². The highest BCUT2D eigenvalue weighted by atomic mass is 32.2. The zero-order valence-electron chi connectivity index (χ0n) is 25.6. The Hall–Kier alpha value is -3.67. The fourth-order valence-electron chi connectivity index (χ4n) is 6.26. The van der Waals surface area contributed by atoms with Gasteiger partial charge in [0.25, 0.3) is 0 Å². The van der Waals surface area contributed by atoms with E-state index in [4.69, 9.17) is 14.5 Å². The minimum absolute atomic E-state index is 0.0379. The van der Waals surface area contributed by atoms with Crippen molar-refractivity contribution in [3.8, 4) is 11.6 Å². The first kappa shape index (κ1) is 31.7. The Morgan fingerprint density at radius 3 is 2.55 bits per heavy atom. The van der Waals surface area contributed by atoms with Crippen LogP contribution >= 0.6 is 0 Å². The standard InChI is InChI=1S/C32H43N5O6S/c1-3-42-30(38)22-23-13-17-36(18-14-23)31(39)24-8-10-25(11-9-24)34-32-33-16-12-29(35-32)37-19-15-26-27(37)6-4-7-28(26)43-20-5-21-44(2,40)41/h4,6-7,12,15-16,19,23-25H,3,5,8-11,13-14,17-18,20-22H2,1-2H3,(H,33,34,35). The van der Waals surface area contributed by atoms with Gasteiger partial charge in [0.05, 0.1) is 24.5 Å². The first-order valence-electron chi connectivity index (χ1n) is 15.6. The Labute approximate surface area is 259 Å². The molecule has 3 aromatic rings. The first-order valence-corrected chi connectivity index (χ1v) is 17.7. The molecule has 2 fully saturated rings. The maximum atomic E-state index is 13.2. The second-order valence-electron chi connectivity index (χ2n) is 11.9. The van der Waals surface area contributed by atoms with Crippen molar-refractivity contribution in [2.45, 2.75) is 64.3 Å². The number of hydrogen-bond donors (Lipinski definition) is 1. The molecule has 0 spiro atoms. The Morgan fingerprint density at radius 2 is 1.82 bits per heavy atom. The number of hydrogen-bond acceptors (Lipinski definition) is 9. The molecule has 0 radical (unpaired) electrons. The predicted molar refractivity (Wildman–Crippen MR) is 169 cm³/mol. The highest BCUT2D eigenvalue weighted by molar-refractivity contribution is 7.90. The average molecular weight is 626 g/mol. The monoisotopic (exact) mass is 625 g/mol. The van der Waals surface area contributed by atoms with E-state index in [-0.39, 0.29) is 29.6 Å². The highest BCUT2D eigenvalue weighted by Crippen LogP contribution is 2.31. The lowest BCUT2D eigenvalue weighted by Gasteiger charge is -2.36. The van der Waals surface area contributed by atoms with E-state index < -0.39 is 9.84 Å². The summed E-state index contributed by atoms with van der Waals surface area (Å²) < 4.78 is 35.8. The summed E-state index contributed by atoms with van der Waals surface area (Å²) in [6.45, 7) is 3.98. The number of benzene rings is 1. The van der Waals surface area contributed by atoms with Crippen molar-refractivity contribution in [2.75, 3.05) is 43.6 Å². The molecule has 11 nitrogen and oxygen atoms in total. The van der Waals surface area contributed by atoms with Gasteiger partial charge in [0.1, 0.15) is 21.4 Å². The lowest BCUT2D eigenvalue weighted by atomic mass is 9.84. The maximum absolute atomic E-state index is 13.2. The summed E-state index contributed by atoms with van der Waals surface area (Å²) in [5.74, 6) is 2.52. The number of carbonyl (C=O) groups excluding carboxylic acids is 2. The Balaban J connectivity index is 1.13. The summed E-state index contributed by atoms with van der Waals surface area (Å²) in [6, 6.07) is 9.81. The number of likely N-dealkylation sites (tertiary alicyclic amines) is 1. The van der Waals surface area contributed by atoms with Crippen LogP contribution in [0.2, 0.25) is 0 Å². The number of nitrogens with one attached hydrogen (secondary N) is 1. The molecule has 1 aromatic carbocycles. The fourth-order valence-corrected chi connectivity index (χ4v) is 6.90. The largest absolute Gasteiger partial charge is 0.493 e. The lowest BCUT2D eigenvalue weighted by Crippen LogP contribution is -2.43. The average Bonchev–Trinajstić information content (AvgIpc) is 3.45. The van der Waals surface area contributed by atoms with Gasteiger partial charge in [-0.15, -0.1) is 0 Å². The Morgan fingerprint density at radius 1 is 1.05 bits per heavy atom. The van der Waals surface area contributed by atoms with Crippen molar-refractivity contribution in [2.24, 2.45) is 11.8 Å². The molecule has 44 heavy (non-hydrogen) atoms. The summed E-state index contributed by atoms with van der Waals surface area (Å²) in [4.78, 5) is 36.3. The topological polar surface area (TPSA) is 133 Å². The summed E-state index contributed by atoms with van der Waals surface area (Å²) in [5, 5.41) is 4.41. The quantitative estimate of drug-likeness (QED) is 0.230. The van der Waals surface area contributed by atoms with Crippen molar-refractivity contribution in [1.29, 1.82) is 0 Å². The smallest absolute Gasteiger partial charge is 0.306 e. The van der Waals surface area contributed by atoms with Gasteiger partial charge < -0.3 is 24.3 Å². The summed E-state index contributed by atoms with van der Waals surface area (Å²) in [7, 11) is -3.02. The molecule has 0 atom stereocenters. The molecule has 3 heterocycles. The molecule has 1 N–H and O–H groups in total. The molecular formula is C32H43N5O6S. The van der Waals surface area contributed by atoms with Crippen LogP contribution in [0, 0.1) is 11.8 Å². The number of fused-ring (bicyclic) bond motifs is 1. The summed E-state index contributed by atoms with van der Waals surface area (Å²) >= 11 is 0. The van der Waals surface area contributed by atoms with Crippen LogP contribution in [0.1, 0.15) is 58.3 Å². The van der Waals surface area contributed by atoms with Crippen LogP contribution in [0.4, 0.5) is 5.95 Å². The van der Waals surface area contributed by atoms with Gasteiger partial charge in [-0.25, -0.2) is 13.4 Å². The molecule has 238 valence electrons. The number of nitrogens with zero attached hydrogens (tertiary/aromatic N) is 4. The van der Waals surface area contributed by atoms with E-state index in [1.807, 2.05) is 52.9 Å². The van der Waals surface area contributed by atoms with E-state index in [0.717, 1.165) is 55.2 Å². The molecule has 0 unspecified atom stereocenters. The molecule has 1 amide bonds. The minimum Gasteiger partial charge on any atom is -0.493 e. The second kappa shape index (κ2) is 14.4. The van der Waals surface area contributed by atoms with Crippen LogP contribution in [-0.2, 0) is 24.2 Å². The number of carbonyl (C=O) groups is 2. The van der Waals surface area contributed by atoms with Gasteiger partial charge in [0.15, 0.2) is 0 Å². The molecule has 12 heteroatoms. The third-order valence-electron chi connectivity index (χ3n) is 8.59. The number of piperidine rings is 1. The number of rotatable bonds is 12. The third-order valence-corrected chi connectivity index (χ3v) is 9.62. The van der Waals surface area contributed by atoms with E-state index >= 15 is 0 Å². The number of aromatic nitrogens is 3. The third kappa shape index (κ3) is 8.28. The SMILES string of the molecule is CCOC(=O)CC1CCN(C(=O)C2CCC(Nc3nccc(-n4ccc5c(OCCCS(C)(=O)=O)cccc54)n3)CC2)CC1. The number of anilines is 1. The fraction of sp³-hybridized carbons (Fsp3) is 0.562. The number of ether oxygens (including phenoxy) is 2. The van der Waals surface area contributed by atoms with Gasteiger partial charge in [-0.2, -0.15) is 4.98 Å². The van der Waals surface area contributed by atoms with Crippen molar-refractivity contribution in [3.63, 3.8) is 0 Å². The minimum atomic E-state index is -3.02. The van der Waals surface area contributed by atoms with Crippen molar-refractivity contribution < 1.29 is 27.5 Å². The van der Waals surface area contributed by atoms with Crippen molar-refractivity contribution in [1.82, 2.24) is 19.4 Å². The molecule has 5 rings (SSSR count). The van der Waals surface area contributed by atoms with Crippen molar-refractivity contribution in [3.05, 3.63) is 42.7 Å². The molecule has 0 bridgehead atoms. The summed E-state index contributed by atoms with van der Waals surface area (Å²) in [6.07, 6.45) is 10.9. The zero-order chi connectivity index (χ0) is 31.1. The van der Waals surface area contributed by atoms with E-state index in [9.17, 15) is 18.0 Å². The van der Waals surface area contributed by atoms with E-state index in [2.05, 4.69) is 10.3 Å². The molecular weight excluding hydrogens is 582 g/mol. The second-order valence-corrected chi connectivity index (χ2v) is 14.2. The first-order chi connectivity index (χ1) is 21.2.